The molecule has 37 heavy (non-hydrogen) atoms. The van der Waals surface area contributed by atoms with Crippen LogP contribution in [0.2, 0.25) is 0 Å². The van der Waals surface area contributed by atoms with Gasteiger partial charge in [-0.1, -0.05) is 24.6 Å². The Labute approximate surface area is 215 Å². The van der Waals surface area contributed by atoms with Crippen LogP contribution in [0.3, 0.4) is 0 Å². The normalized spacial score (nSPS) is 22.3. The first-order valence-corrected chi connectivity index (χ1v) is 13.0. The average molecular weight is 499 g/mol. The van der Waals surface area contributed by atoms with Crippen LogP contribution in [-0.4, -0.2) is 57.7 Å². The van der Waals surface area contributed by atoms with Gasteiger partial charge in [0, 0.05) is 42.7 Å². The summed E-state index contributed by atoms with van der Waals surface area (Å²) in [4.78, 5) is 45.4. The lowest BCUT2D eigenvalue weighted by atomic mass is 10.0. The minimum absolute atomic E-state index is 0.168. The van der Waals surface area contributed by atoms with E-state index in [9.17, 15) is 14.4 Å². The zero-order valence-electron chi connectivity index (χ0n) is 20.7. The number of hydrogen-bond acceptors (Lipinski definition) is 6. The Kier molecular flexibility index (Phi) is 6.34. The van der Waals surface area contributed by atoms with Crippen LogP contribution in [0.5, 0.6) is 5.75 Å². The van der Waals surface area contributed by atoms with Crippen molar-refractivity contribution in [3.05, 3.63) is 71.4 Å². The van der Waals surface area contributed by atoms with Gasteiger partial charge in [0.2, 0.25) is 11.8 Å². The molecule has 1 unspecified atom stereocenters. The molecule has 2 aromatic carbocycles. The Bertz CT molecular complexity index is 1370. The summed E-state index contributed by atoms with van der Waals surface area (Å²) in [7, 11) is 0. The van der Waals surface area contributed by atoms with Gasteiger partial charge in [0.25, 0.3) is 5.91 Å². The third-order valence-corrected chi connectivity index (χ3v) is 7.72. The predicted molar refractivity (Wildman–Crippen MR) is 138 cm³/mol. The summed E-state index contributed by atoms with van der Waals surface area (Å²) in [5, 5.41) is 3.50. The van der Waals surface area contributed by atoms with E-state index in [4.69, 9.17) is 4.74 Å². The molecule has 0 aliphatic carbocycles. The first-order valence-electron chi connectivity index (χ1n) is 13.0. The molecule has 0 radical (unpaired) electrons. The van der Waals surface area contributed by atoms with Crippen molar-refractivity contribution < 1.29 is 19.1 Å². The monoisotopic (exact) mass is 498 g/mol. The minimum Gasteiger partial charge on any atom is -0.492 e. The summed E-state index contributed by atoms with van der Waals surface area (Å²) in [6, 6.07) is 15.6. The number of para-hydroxylation sites is 1. The highest BCUT2D eigenvalue weighted by Crippen LogP contribution is 2.31. The maximum absolute atomic E-state index is 12.9. The number of benzene rings is 2. The van der Waals surface area contributed by atoms with Gasteiger partial charge in [0.05, 0.1) is 5.52 Å². The first kappa shape index (κ1) is 23.6. The quantitative estimate of drug-likeness (QED) is 0.524. The van der Waals surface area contributed by atoms with Crippen molar-refractivity contribution in [2.24, 2.45) is 0 Å². The number of carbonyl (C=O) groups excluding carboxylic acids is 3. The van der Waals surface area contributed by atoms with Gasteiger partial charge in [0.1, 0.15) is 18.4 Å². The van der Waals surface area contributed by atoms with E-state index in [-0.39, 0.29) is 18.2 Å². The van der Waals surface area contributed by atoms with Crippen molar-refractivity contribution in [3.63, 3.8) is 0 Å². The maximum Gasteiger partial charge on any atom is 0.255 e. The summed E-state index contributed by atoms with van der Waals surface area (Å²) < 4.78 is 6.25. The SMILES string of the molecule is O=C1CCC(N2Cc3cc(OC[C@H]4CCCCN4Cc4cnc5ccccc5c4)ccc3C2=O)C(=O)N1. The molecule has 8 nitrogen and oxygen atoms in total. The summed E-state index contributed by atoms with van der Waals surface area (Å²) in [5.74, 6) is -0.115. The molecule has 2 fully saturated rings. The molecule has 0 spiro atoms. The fourth-order valence-corrected chi connectivity index (χ4v) is 5.73. The highest BCUT2D eigenvalue weighted by atomic mass is 16.5. The molecule has 3 amide bonds. The second kappa shape index (κ2) is 9.94. The number of hydrogen-bond donors (Lipinski definition) is 1. The highest BCUT2D eigenvalue weighted by molar-refractivity contribution is 6.05. The van der Waals surface area contributed by atoms with Crippen molar-refractivity contribution >= 4 is 28.6 Å². The minimum atomic E-state index is -0.609. The number of aromatic nitrogens is 1. The smallest absolute Gasteiger partial charge is 0.255 e. The number of amides is 3. The van der Waals surface area contributed by atoms with Crippen molar-refractivity contribution in [2.75, 3.05) is 13.2 Å². The van der Waals surface area contributed by atoms with E-state index in [1.54, 1.807) is 11.0 Å². The third kappa shape index (κ3) is 4.81. The summed E-state index contributed by atoms with van der Waals surface area (Å²) >= 11 is 0. The molecule has 1 aromatic heterocycles. The number of nitrogens with one attached hydrogen (secondary N) is 1. The van der Waals surface area contributed by atoms with Crippen molar-refractivity contribution in [1.29, 1.82) is 0 Å². The Morgan fingerprint density at radius 1 is 1.03 bits per heavy atom. The summed E-state index contributed by atoms with van der Waals surface area (Å²) in [6.45, 7) is 2.79. The molecule has 190 valence electrons. The number of fused-ring (bicyclic) bond motifs is 2. The van der Waals surface area contributed by atoms with Crippen LogP contribution in [0.15, 0.2) is 54.7 Å². The maximum atomic E-state index is 12.9. The summed E-state index contributed by atoms with van der Waals surface area (Å²) in [5.41, 5.74) is 3.67. The van der Waals surface area contributed by atoms with E-state index in [0.29, 0.717) is 31.2 Å². The number of likely N-dealkylation sites (tertiary alicyclic amines) is 1. The number of imide groups is 1. The second-order valence-corrected chi connectivity index (χ2v) is 10.2. The predicted octanol–water partition coefficient (Wildman–Crippen LogP) is 3.43. The first-order chi connectivity index (χ1) is 18.0. The van der Waals surface area contributed by atoms with Gasteiger partial charge in [0.15, 0.2) is 0 Å². The highest BCUT2D eigenvalue weighted by Gasteiger charge is 2.39. The van der Waals surface area contributed by atoms with Crippen LogP contribution >= 0.6 is 0 Å². The fraction of sp³-hybridized carbons (Fsp3) is 0.379. The number of pyridine rings is 1. The van der Waals surface area contributed by atoms with Crippen LogP contribution in [0, 0.1) is 0 Å². The number of ether oxygens (including phenoxy) is 1. The van der Waals surface area contributed by atoms with E-state index < -0.39 is 11.9 Å². The van der Waals surface area contributed by atoms with Crippen LogP contribution in [0.25, 0.3) is 10.9 Å². The zero-order valence-corrected chi connectivity index (χ0v) is 20.7. The number of piperidine rings is 2. The number of carbonyl (C=O) groups is 3. The molecule has 4 heterocycles. The summed E-state index contributed by atoms with van der Waals surface area (Å²) in [6.07, 6.45) is 6.01. The van der Waals surface area contributed by atoms with Crippen molar-refractivity contribution in [1.82, 2.24) is 20.1 Å². The molecule has 1 N–H and O–H groups in total. The zero-order chi connectivity index (χ0) is 25.4. The Morgan fingerprint density at radius 2 is 1.92 bits per heavy atom. The third-order valence-electron chi connectivity index (χ3n) is 7.72. The molecule has 3 aromatic rings. The molecule has 0 saturated carbocycles. The van der Waals surface area contributed by atoms with E-state index in [2.05, 4.69) is 27.3 Å². The Morgan fingerprint density at radius 3 is 2.81 bits per heavy atom. The lowest BCUT2D eigenvalue weighted by Gasteiger charge is -2.35. The van der Waals surface area contributed by atoms with Gasteiger partial charge in [-0.25, -0.2) is 0 Å². The van der Waals surface area contributed by atoms with Crippen LogP contribution in [0.1, 0.15) is 53.6 Å². The molecule has 6 rings (SSSR count). The fourth-order valence-electron chi connectivity index (χ4n) is 5.73. The van der Waals surface area contributed by atoms with E-state index in [1.165, 1.54) is 18.4 Å². The Hall–Kier alpha value is -3.78. The Balaban J connectivity index is 1.11. The van der Waals surface area contributed by atoms with Gasteiger partial charge in [-0.05, 0) is 67.3 Å². The van der Waals surface area contributed by atoms with Gasteiger partial charge in [-0.2, -0.15) is 0 Å². The van der Waals surface area contributed by atoms with E-state index in [0.717, 1.165) is 41.7 Å². The van der Waals surface area contributed by atoms with Gasteiger partial charge < -0.3 is 9.64 Å². The lowest BCUT2D eigenvalue weighted by Crippen LogP contribution is -2.52. The largest absolute Gasteiger partial charge is 0.492 e. The molecule has 2 atom stereocenters. The van der Waals surface area contributed by atoms with Crippen LogP contribution < -0.4 is 10.1 Å². The van der Waals surface area contributed by atoms with Crippen molar-refractivity contribution in [2.45, 2.75) is 57.3 Å². The molecule has 3 aliphatic heterocycles. The standard InChI is InChI=1S/C29H30N4O4/c34-27-11-10-26(28(35)31-27)33-17-21-14-23(8-9-24(21)29(33)36)37-18-22-6-3-4-12-32(22)16-19-13-20-5-1-2-7-25(20)30-15-19/h1-2,5,7-9,13-15,22,26H,3-4,6,10-12,16-18H2,(H,31,34,35)/t22-,26?/m1/s1. The second-order valence-electron chi connectivity index (χ2n) is 10.2. The van der Waals surface area contributed by atoms with Gasteiger partial charge >= 0.3 is 0 Å². The van der Waals surface area contributed by atoms with Gasteiger partial charge in [-0.3, -0.25) is 29.6 Å². The van der Waals surface area contributed by atoms with E-state index in [1.807, 2.05) is 36.5 Å². The van der Waals surface area contributed by atoms with Crippen molar-refractivity contribution in [3.8, 4) is 5.75 Å². The average Bonchev–Trinajstić information content (AvgIpc) is 3.23. The number of nitrogens with zero attached hydrogens (tertiary/aromatic N) is 3. The van der Waals surface area contributed by atoms with E-state index >= 15 is 0 Å². The molecule has 3 aliphatic rings. The van der Waals surface area contributed by atoms with Gasteiger partial charge in [-0.15, -0.1) is 0 Å². The number of rotatable bonds is 6. The molecule has 8 heteroatoms. The molecule has 2 saturated heterocycles. The lowest BCUT2D eigenvalue weighted by molar-refractivity contribution is -0.136. The molecule has 0 bridgehead atoms. The topological polar surface area (TPSA) is 91.8 Å². The molecular weight excluding hydrogens is 468 g/mol. The van der Waals surface area contributed by atoms with Crippen LogP contribution in [0.4, 0.5) is 0 Å². The van der Waals surface area contributed by atoms with Crippen LogP contribution in [-0.2, 0) is 22.7 Å². The molecular formula is C29H30N4O4.